The van der Waals surface area contributed by atoms with Crippen molar-refractivity contribution in [2.75, 3.05) is 0 Å². The summed E-state index contributed by atoms with van der Waals surface area (Å²) in [6, 6.07) is 0. The molecule has 0 unspecified atom stereocenters. The van der Waals surface area contributed by atoms with Crippen molar-refractivity contribution in [1.82, 2.24) is 0 Å². The molecular formula is C11H18BF3O2. The van der Waals surface area contributed by atoms with Crippen LogP contribution in [0.5, 0.6) is 0 Å². The molecule has 6 heteroatoms. The zero-order valence-corrected chi connectivity index (χ0v) is 10.5. The van der Waals surface area contributed by atoms with Gasteiger partial charge in [-0.25, -0.2) is 0 Å². The number of rotatable bonds is 6. The molecule has 0 rings (SSSR count). The van der Waals surface area contributed by atoms with Crippen LogP contribution in [-0.2, 0) is 9.31 Å². The van der Waals surface area contributed by atoms with Gasteiger partial charge in [-0.05, 0) is 27.7 Å². The summed E-state index contributed by atoms with van der Waals surface area (Å²) in [7, 11) is -0.797. The lowest BCUT2D eigenvalue weighted by molar-refractivity contribution is -0.0878. The molecule has 0 saturated heterocycles. The average molecular weight is 250 g/mol. The van der Waals surface area contributed by atoms with Crippen LogP contribution in [0.25, 0.3) is 0 Å². The summed E-state index contributed by atoms with van der Waals surface area (Å²) in [6.45, 7) is 10.1. The van der Waals surface area contributed by atoms with Gasteiger partial charge in [0.25, 0.3) is 0 Å². The minimum absolute atomic E-state index is 0.137. The van der Waals surface area contributed by atoms with E-state index in [1.165, 1.54) is 5.98 Å². The fourth-order valence-corrected chi connectivity index (χ4v) is 0.949. The Morgan fingerprint density at radius 3 is 1.82 bits per heavy atom. The van der Waals surface area contributed by atoms with Crippen molar-refractivity contribution in [2.45, 2.75) is 46.1 Å². The minimum Gasteiger partial charge on any atom is -0.405 e. The third-order valence-corrected chi connectivity index (χ3v) is 1.63. The molecule has 2 nitrogen and oxygen atoms in total. The maximum Gasteiger partial charge on any atom is 0.486 e. The third kappa shape index (κ3) is 8.04. The van der Waals surface area contributed by atoms with E-state index >= 15 is 0 Å². The Labute approximate surface area is 101 Å². The van der Waals surface area contributed by atoms with Crippen molar-refractivity contribution in [3.05, 3.63) is 24.2 Å². The van der Waals surface area contributed by atoms with Crippen LogP contribution in [0.15, 0.2) is 24.2 Å². The van der Waals surface area contributed by atoms with E-state index < -0.39 is 18.9 Å². The van der Waals surface area contributed by atoms with Crippen molar-refractivity contribution >= 4 is 7.12 Å². The quantitative estimate of drug-likeness (QED) is 0.530. The first-order valence-electron chi connectivity index (χ1n) is 5.38. The second-order valence-electron chi connectivity index (χ2n) is 4.12. The van der Waals surface area contributed by atoms with Crippen LogP contribution < -0.4 is 0 Å². The highest BCUT2D eigenvalue weighted by atomic mass is 19.4. The van der Waals surface area contributed by atoms with E-state index in [2.05, 4.69) is 6.58 Å². The van der Waals surface area contributed by atoms with E-state index in [9.17, 15) is 13.2 Å². The molecule has 0 aromatic heterocycles. The van der Waals surface area contributed by atoms with Crippen LogP contribution in [0.3, 0.4) is 0 Å². The molecule has 0 fully saturated rings. The Hall–Kier alpha value is -0.745. The largest absolute Gasteiger partial charge is 0.486 e. The van der Waals surface area contributed by atoms with E-state index in [1.807, 2.05) is 0 Å². The maximum atomic E-state index is 12.2. The van der Waals surface area contributed by atoms with E-state index in [0.29, 0.717) is 0 Å². The molecule has 0 radical (unpaired) electrons. The van der Waals surface area contributed by atoms with Crippen molar-refractivity contribution in [1.29, 1.82) is 0 Å². The first-order valence-corrected chi connectivity index (χ1v) is 5.38. The molecule has 0 saturated carbocycles. The summed E-state index contributed by atoms with van der Waals surface area (Å²) < 4.78 is 47.2. The van der Waals surface area contributed by atoms with Gasteiger partial charge >= 0.3 is 13.3 Å². The average Bonchev–Trinajstić information content (AvgIpc) is 2.10. The lowest BCUT2D eigenvalue weighted by Crippen LogP contribution is -2.28. The van der Waals surface area contributed by atoms with Crippen LogP contribution in [0, 0.1) is 0 Å². The van der Waals surface area contributed by atoms with Crippen LogP contribution in [0.1, 0.15) is 27.7 Å². The van der Waals surface area contributed by atoms with Gasteiger partial charge < -0.3 is 9.31 Å². The summed E-state index contributed by atoms with van der Waals surface area (Å²) in [5, 5.41) is 0. The van der Waals surface area contributed by atoms with E-state index in [1.54, 1.807) is 27.7 Å². The summed E-state index contributed by atoms with van der Waals surface area (Å²) in [6.07, 6.45) is -3.82. The van der Waals surface area contributed by atoms with Gasteiger partial charge in [0.15, 0.2) is 0 Å². The molecule has 17 heavy (non-hydrogen) atoms. The zero-order valence-electron chi connectivity index (χ0n) is 10.5. The normalized spacial score (nSPS) is 12.8. The fourth-order valence-electron chi connectivity index (χ4n) is 0.949. The lowest BCUT2D eigenvalue weighted by Gasteiger charge is -2.17. The highest BCUT2D eigenvalue weighted by molar-refractivity contribution is 6.50. The molecule has 0 N–H and O–H groups in total. The topological polar surface area (TPSA) is 18.5 Å². The van der Waals surface area contributed by atoms with Crippen molar-refractivity contribution in [3.63, 3.8) is 0 Å². The first-order chi connectivity index (χ1) is 7.62. The van der Waals surface area contributed by atoms with Gasteiger partial charge in [-0.2, -0.15) is 13.2 Å². The standard InChI is InChI=1S/C11H18BF3O2/c1-8(2)16-12(17-9(3)4)7-6-10(5)11(13,14)15/h6-9H,5H2,1-4H3/b7-6+. The van der Waals surface area contributed by atoms with Crippen LogP contribution in [0.2, 0.25) is 0 Å². The summed E-state index contributed by atoms with van der Waals surface area (Å²) in [5.74, 6) is 1.22. The smallest absolute Gasteiger partial charge is 0.405 e. The highest BCUT2D eigenvalue weighted by Gasteiger charge is 2.30. The number of allylic oxidation sites excluding steroid dienone is 2. The van der Waals surface area contributed by atoms with Gasteiger partial charge in [0.1, 0.15) is 0 Å². The molecule has 0 heterocycles. The van der Waals surface area contributed by atoms with Gasteiger partial charge in [-0.3, -0.25) is 0 Å². The van der Waals surface area contributed by atoms with Crippen LogP contribution in [-0.4, -0.2) is 25.5 Å². The lowest BCUT2D eigenvalue weighted by atomic mass is 9.87. The molecule has 0 atom stereocenters. The Balaban J connectivity index is 4.52. The van der Waals surface area contributed by atoms with Gasteiger partial charge in [0, 0.05) is 17.8 Å². The third-order valence-electron chi connectivity index (χ3n) is 1.63. The predicted octanol–water partition coefficient (Wildman–Crippen LogP) is 3.54. The van der Waals surface area contributed by atoms with Gasteiger partial charge in [-0.15, -0.1) is 0 Å². The Morgan fingerprint density at radius 2 is 1.53 bits per heavy atom. The Kier molecular flexibility index (Phi) is 6.56. The molecule has 0 aliphatic carbocycles. The van der Waals surface area contributed by atoms with Crippen LogP contribution >= 0.6 is 0 Å². The Morgan fingerprint density at radius 1 is 1.12 bits per heavy atom. The SMILES string of the molecule is C=C(/C=C/B(OC(C)C)OC(C)C)C(F)(F)F. The molecule has 0 aliphatic heterocycles. The van der Waals surface area contributed by atoms with Gasteiger partial charge in [-0.1, -0.05) is 18.6 Å². The summed E-state index contributed by atoms with van der Waals surface area (Å²) in [5.41, 5.74) is -0.929. The summed E-state index contributed by atoms with van der Waals surface area (Å²) >= 11 is 0. The number of hydrogen-bond donors (Lipinski definition) is 0. The first kappa shape index (κ1) is 16.3. The number of alkyl halides is 3. The number of halogens is 3. The molecule has 0 aromatic carbocycles. The summed E-state index contributed by atoms with van der Waals surface area (Å²) in [4.78, 5) is 0. The maximum absolute atomic E-state index is 12.2. The number of hydrogen-bond acceptors (Lipinski definition) is 2. The van der Waals surface area contributed by atoms with E-state index in [-0.39, 0.29) is 12.2 Å². The highest BCUT2D eigenvalue weighted by Crippen LogP contribution is 2.24. The molecule has 0 aliphatic rings. The molecule has 0 bridgehead atoms. The molecule has 98 valence electrons. The fraction of sp³-hybridized carbons (Fsp3) is 0.636. The van der Waals surface area contributed by atoms with Gasteiger partial charge in [0.05, 0.1) is 0 Å². The van der Waals surface area contributed by atoms with E-state index in [4.69, 9.17) is 9.31 Å². The van der Waals surface area contributed by atoms with Crippen LogP contribution in [0.4, 0.5) is 13.2 Å². The molecule has 0 amide bonds. The predicted molar refractivity (Wildman–Crippen MR) is 62.5 cm³/mol. The zero-order chi connectivity index (χ0) is 13.6. The van der Waals surface area contributed by atoms with E-state index in [0.717, 1.165) is 6.08 Å². The van der Waals surface area contributed by atoms with Crippen molar-refractivity contribution in [2.24, 2.45) is 0 Å². The Bertz CT molecular complexity index is 262. The molecule has 0 aromatic rings. The molecular weight excluding hydrogens is 232 g/mol. The van der Waals surface area contributed by atoms with Gasteiger partial charge in [0.2, 0.25) is 0 Å². The second-order valence-corrected chi connectivity index (χ2v) is 4.12. The molecule has 0 spiro atoms. The monoisotopic (exact) mass is 250 g/mol. The van der Waals surface area contributed by atoms with Crippen molar-refractivity contribution < 1.29 is 22.5 Å². The second kappa shape index (κ2) is 6.86. The minimum atomic E-state index is -4.42. The van der Waals surface area contributed by atoms with Crippen molar-refractivity contribution in [3.8, 4) is 0 Å².